The summed E-state index contributed by atoms with van der Waals surface area (Å²) >= 11 is 7.44. The van der Waals surface area contributed by atoms with Crippen LogP contribution < -0.4 is 0 Å². The number of carbonyl (C=O) groups excluding carboxylic acids is 1. The molecule has 0 aromatic heterocycles. The molecule has 1 aromatic carbocycles. The van der Waals surface area contributed by atoms with Crippen molar-refractivity contribution in [1.29, 1.82) is 5.26 Å². The minimum absolute atomic E-state index is 0.239. The quantitative estimate of drug-likeness (QED) is 0.613. The average molecular weight is 256 g/mol. The minimum Gasteiger partial charge on any atom is -0.469 e. The van der Waals surface area contributed by atoms with E-state index in [0.29, 0.717) is 22.8 Å². The SMILES string of the molecule is COC(=O)CCSc1ccc(C#N)cc1Cl. The third-order valence-corrected chi connectivity index (χ3v) is 3.35. The lowest BCUT2D eigenvalue weighted by molar-refractivity contribution is -0.140. The Hall–Kier alpha value is -1.18. The van der Waals surface area contributed by atoms with Gasteiger partial charge in [0.25, 0.3) is 0 Å². The van der Waals surface area contributed by atoms with Crippen LogP contribution in [0.2, 0.25) is 5.02 Å². The third-order valence-electron chi connectivity index (χ3n) is 1.85. The van der Waals surface area contributed by atoms with Gasteiger partial charge < -0.3 is 4.74 Å². The second-order valence-corrected chi connectivity index (χ2v) is 4.48. The molecule has 0 aliphatic rings. The number of benzene rings is 1. The van der Waals surface area contributed by atoms with Gasteiger partial charge >= 0.3 is 5.97 Å². The number of halogens is 1. The Morgan fingerprint density at radius 3 is 2.94 bits per heavy atom. The molecule has 0 bridgehead atoms. The minimum atomic E-state index is -0.239. The number of hydrogen-bond donors (Lipinski definition) is 0. The number of carbonyl (C=O) groups is 1. The van der Waals surface area contributed by atoms with Crippen molar-refractivity contribution >= 4 is 29.3 Å². The molecule has 5 heteroatoms. The second kappa shape index (κ2) is 6.41. The molecule has 1 aromatic rings. The largest absolute Gasteiger partial charge is 0.469 e. The highest BCUT2D eigenvalue weighted by Crippen LogP contribution is 2.28. The summed E-state index contributed by atoms with van der Waals surface area (Å²) in [4.78, 5) is 11.7. The zero-order valence-corrected chi connectivity index (χ0v) is 10.3. The highest BCUT2D eigenvalue weighted by molar-refractivity contribution is 7.99. The van der Waals surface area contributed by atoms with E-state index in [9.17, 15) is 4.79 Å². The van der Waals surface area contributed by atoms with Crippen LogP contribution in [-0.2, 0) is 9.53 Å². The predicted molar refractivity (Wildman–Crippen MR) is 63.5 cm³/mol. The Balaban J connectivity index is 2.55. The van der Waals surface area contributed by atoms with Crippen molar-refractivity contribution in [3.05, 3.63) is 28.8 Å². The maximum absolute atomic E-state index is 10.9. The molecular weight excluding hydrogens is 246 g/mol. The lowest BCUT2D eigenvalue weighted by Crippen LogP contribution is -2.00. The predicted octanol–water partition coefficient (Wildman–Crippen LogP) is 2.87. The summed E-state index contributed by atoms with van der Waals surface area (Å²) in [5.74, 6) is 0.371. The van der Waals surface area contributed by atoms with E-state index in [1.807, 2.05) is 6.07 Å². The second-order valence-electron chi connectivity index (χ2n) is 2.93. The molecule has 0 amide bonds. The van der Waals surface area contributed by atoms with E-state index in [0.717, 1.165) is 4.90 Å². The molecule has 3 nitrogen and oxygen atoms in total. The maximum atomic E-state index is 10.9. The van der Waals surface area contributed by atoms with Gasteiger partial charge in [0.2, 0.25) is 0 Å². The number of rotatable bonds is 4. The molecule has 16 heavy (non-hydrogen) atoms. The highest BCUT2D eigenvalue weighted by Gasteiger charge is 2.05. The van der Waals surface area contributed by atoms with Crippen LogP contribution in [-0.4, -0.2) is 18.8 Å². The summed E-state index contributed by atoms with van der Waals surface area (Å²) in [6, 6.07) is 7.11. The molecule has 0 aliphatic carbocycles. The van der Waals surface area contributed by atoms with E-state index < -0.39 is 0 Å². The smallest absolute Gasteiger partial charge is 0.306 e. The van der Waals surface area contributed by atoms with Crippen molar-refractivity contribution in [3.8, 4) is 6.07 Å². The topological polar surface area (TPSA) is 50.1 Å². The number of esters is 1. The summed E-state index contributed by atoms with van der Waals surface area (Å²) in [5, 5.41) is 9.19. The van der Waals surface area contributed by atoms with Crippen LogP contribution in [0.4, 0.5) is 0 Å². The van der Waals surface area contributed by atoms with Gasteiger partial charge in [-0.3, -0.25) is 4.79 Å². The number of nitriles is 1. The first-order chi connectivity index (χ1) is 7.67. The van der Waals surface area contributed by atoms with Crippen molar-refractivity contribution < 1.29 is 9.53 Å². The summed E-state index contributed by atoms with van der Waals surface area (Å²) in [5.41, 5.74) is 0.530. The van der Waals surface area contributed by atoms with Gasteiger partial charge in [-0.05, 0) is 18.2 Å². The molecule has 0 atom stereocenters. The van der Waals surface area contributed by atoms with Gasteiger partial charge in [-0.25, -0.2) is 0 Å². The monoisotopic (exact) mass is 255 g/mol. The lowest BCUT2D eigenvalue weighted by Gasteiger charge is -2.03. The Labute approximate surface area is 103 Å². The molecule has 0 radical (unpaired) electrons. The number of nitrogens with zero attached hydrogens (tertiary/aromatic N) is 1. The van der Waals surface area contributed by atoms with Crippen molar-refractivity contribution in [2.75, 3.05) is 12.9 Å². The van der Waals surface area contributed by atoms with Crippen molar-refractivity contribution in [3.63, 3.8) is 0 Å². The molecular formula is C11H10ClNO2S. The fourth-order valence-corrected chi connectivity index (χ4v) is 2.23. The molecule has 0 aliphatic heterocycles. The highest BCUT2D eigenvalue weighted by atomic mass is 35.5. The molecule has 1 rings (SSSR count). The van der Waals surface area contributed by atoms with Crippen molar-refractivity contribution in [1.82, 2.24) is 0 Å². The molecule has 0 fully saturated rings. The van der Waals surface area contributed by atoms with Gasteiger partial charge in [0.15, 0.2) is 0 Å². The van der Waals surface area contributed by atoms with Crippen molar-refractivity contribution in [2.45, 2.75) is 11.3 Å². The maximum Gasteiger partial charge on any atom is 0.306 e. The zero-order valence-electron chi connectivity index (χ0n) is 8.70. The number of ether oxygens (including phenoxy) is 1. The van der Waals surface area contributed by atoms with E-state index in [-0.39, 0.29) is 5.97 Å². The van der Waals surface area contributed by atoms with Crippen LogP contribution in [0.1, 0.15) is 12.0 Å². The summed E-state index contributed by atoms with van der Waals surface area (Å²) in [7, 11) is 1.36. The van der Waals surface area contributed by atoms with Crippen LogP contribution in [0.5, 0.6) is 0 Å². The van der Waals surface area contributed by atoms with Gasteiger partial charge in [0.05, 0.1) is 30.2 Å². The van der Waals surface area contributed by atoms with E-state index in [1.54, 1.807) is 18.2 Å². The summed E-state index contributed by atoms with van der Waals surface area (Å²) in [6.07, 6.45) is 0.345. The third kappa shape index (κ3) is 3.76. The van der Waals surface area contributed by atoms with Gasteiger partial charge in [0, 0.05) is 10.6 Å². The Kier molecular flexibility index (Phi) is 5.17. The zero-order chi connectivity index (χ0) is 12.0. The van der Waals surface area contributed by atoms with Gasteiger partial charge in [-0.1, -0.05) is 11.6 Å². The summed E-state index contributed by atoms with van der Waals surface area (Å²) in [6.45, 7) is 0. The van der Waals surface area contributed by atoms with E-state index in [1.165, 1.54) is 18.9 Å². The Morgan fingerprint density at radius 2 is 2.38 bits per heavy atom. The van der Waals surface area contributed by atoms with E-state index in [4.69, 9.17) is 16.9 Å². The Morgan fingerprint density at radius 1 is 1.62 bits per heavy atom. The van der Waals surface area contributed by atoms with Gasteiger partial charge in [-0.2, -0.15) is 5.26 Å². The van der Waals surface area contributed by atoms with Crippen LogP contribution in [0.25, 0.3) is 0 Å². The van der Waals surface area contributed by atoms with E-state index >= 15 is 0 Å². The fourth-order valence-electron chi connectivity index (χ4n) is 1.03. The van der Waals surface area contributed by atoms with Crippen LogP contribution in [0.3, 0.4) is 0 Å². The normalized spacial score (nSPS) is 9.56. The molecule has 0 spiro atoms. The summed E-state index contributed by atoms with van der Waals surface area (Å²) < 4.78 is 4.53. The lowest BCUT2D eigenvalue weighted by atomic mass is 10.2. The molecule has 0 N–H and O–H groups in total. The number of thioether (sulfide) groups is 1. The van der Waals surface area contributed by atoms with E-state index in [2.05, 4.69) is 4.74 Å². The first kappa shape index (κ1) is 12.9. The number of methoxy groups -OCH3 is 1. The molecule has 0 heterocycles. The van der Waals surface area contributed by atoms with Crippen LogP contribution in [0, 0.1) is 11.3 Å². The average Bonchev–Trinajstić information content (AvgIpc) is 2.30. The van der Waals surface area contributed by atoms with Crippen molar-refractivity contribution in [2.24, 2.45) is 0 Å². The molecule has 0 unspecified atom stereocenters. The molecule has 84 valence electrons. The molecule has 0 saturated heterocycles. The fraction of sp³-hybridized carbons (Fsp3) is 0.273. The number of hydrogen-bond acceptors (Lipinski definition) is 4. The van der Waals surface area contributed by atoms with Crippen LogP contribution in [0.15, 0.2) is 23.1 Å². The molecule has 0 saturated carbocycles. The van der Waals surface area contributed by atoms with Gasteiger partial charge in [0.1, 0.15) is 0 Å². The van der Waals surface area contributed by atoms with Gasteiger partial charge in [-0.15, -0.1) is 11.8 Å². The van der Waals surface area contributed by atoms with Crippen LogP contribution >= 0.6 is 23.4 Å². The first-order valence-corrected chi connectivity index (χ1v) is 5.93. The first-order valence-electron chi connectivity index (χ1n) is 4.56. The Bertz CT molecular complexity index is 428. The standard InChI is InChI=1S/C11H10ClNO2S/c1-15-11(14)4-5-16-10-3-2-8(7-13)6-9(10)12/h2-3,6H,4-5H2,1H3.